The van der Waals surface area contributed by atoms with Crippen molar-refractivity contribution in [2.45, 2.75) is 70.9 Å². The minimum Gasteiger partial charge on any atom is -0.458 e. The fourth-order valence-electron chi connectivity index (χ4n) is 3.83. The van der Waals surface area contributed by atoms with Gasteiger partial charge in [-0.25, -0.2) is 9.59 Å². The highest BCUT2D eigenvalue weighted by Gasteiger charge is 2.63. The highest BCUT2D eigenvalue weighted by Crippen LogP contribution is 2.50. The second kappa shape index (κ2) is 6.45. The Hall–Kier alpha value is -1.88. The average molecular weight is 346 g/mol. The van der Waals surface area contributed by atoms with Crippen molar-refractivity contribution in [3.63, 3.8) is 0 Å². The fraction of sp³-hybridized carbons (Fsp3) is 0.600. The van der Waals surface area contributed by atoms with E-state index in [4.69, 9.17) is 14.2 Å². The van der Waals surface area contributed by atoms with Gasteiger partial charge in [-0.2, -0.15) is 0 Å². The minimum atomic E-state index is -0.491. The number of carbonyl (C=O) groups is 2. The lowest BCUT2D eigenvalue weighted by atomic mass is 9.82. The van der Waals surface area contributed by atoms with Crippen LogP contribution in [-0.2, 0) is 23.8 Å². The zero-order chi connectivity index (χ0) is 18.4. The van der Waals surface area contributed by atoms with Gasteiger partial charge >= 0.3 is 11.9 Å². The van der Waals surface area contributed by atoms with Crippen LogP contribution in [0.25, 0.3) is 0 Å². The lowest BCUT2D eigenvalue weighted by molar-refractivity contribution is -0.147. The Morgan fingerprint density at radius 2 is 2.16 bits per heavy atom. The van der Waals surface area contributed by atoms with Gasteiger partial charge in [0.25, 0.3) is 0 Å². The molecule has 3 rings (SSSR count). The molecule has 25 heavy (non-hydrogen) atoms. The van der Waals surface area contributed by atoms with Crippen LogP contribution in [0.4, 0.5) is 0 Å². The van der Waals surface area contributed by atoms with Crippen LogP contribution < -0.4 is 0 Å². The zero-order valence-electron chi connectivity index (χ0n) is 15.3. The van der Waals surface area contributed by atoms with Gasteiger partial charge in [0.1, 0.15) is 18.3 Å². The van der Waals surface area contributed by atoms with E-state index in [1.807, 2.05) is 27.7 Å². The van der Waals surface area contributed by atoms with Crippen LogP contribution in [-0.4, -0.2) is 35.9 Å². The first kappa shape index (κ1) is 17.9. The molecule has 0 aromatic heterocycles. The van der Waals surface area contributed by atoms with E-state index in [1.54, 1.807) is 0 Å². The molecule has 2 aliphatic heterocycles. The molecule has 0 saturated carbocycles. The molecule has 136 valence electrons. The zero-order valence-corrected chi connectivity index (χ0v) is 15.3. The third kappa shape index (κ3) is 3.56. The molecule has 2 saturated heterocycles. The summed E-state index contributed by atoms with van der Waals surface area (Å²) >= 11 is 0. The molecule has 0 bridgehead atoms. The Balaban J connectivity index is 1.93. The summed E-state index contributed by atoms with van der Waals surface area (Å²) in [4.78, 5) is 24.4. The second-order valence-electron chi connectivity index (χ2n) is 7.76. The van der Waals surface area contributed by atoms with E-state index in [0.717, 1.165) is 24.0 Å². The molecule has 0 aromatic rings. The van der Waals surface area contributed by atoms with E-state index >= 15 is 0 Å². The largest absolute Gasteiger partial charge is 0.458 e. The number of carbonyl (C=O) groups excluding carboxylic acids is 2. The molecule has 0 aromatic carbocycles. The van der Waals surface area contributed by atoms with Crippen LogP contribution in [0.15, 0.2) is 35.5 Å². The molecule has 0 unspecified atom stereocenters. The Kier molecular flexibility index (Phi) is 4.62. The number of esters is 2. The van der Waals surface area contributed by atoms with Crippen LogP contribution in [0, 0.1) is 5.92 Å². The highest BCUT2D eigenvalue weighted by molar-refractivity contribution is 5.91. The van der Waals surface area contributed by atoms with Gasteiger partial charge in [-0.05, 0) is 40.5 Å². The molecule has 0 amide bonds. The van der Waals surface area contributed by atoms with Crippen molar-refractivity contribution >= 4 is 11.9 Å². The molecule has 0 spiro atoms. The van der Waals surface area contributed by atoms with Crippen molar-refractivity contribution in [1.82, 2.24) is 0 Å². The maximum atomic E-state index is 12.2. The first-order valence-electron chi connectivity index (χ1n) is 8.80. The van der Waals surface area contributed by atoms with Gasteiger partial charge in [0, 0.05) is 18.1 Å². The topological polar surface area (TPSA) is 65.1 Å². The highest BCUT2D eigenvalue weighted by atomic mass is 16.6. The molecule has 1 aliphatic carbocycles. The molecule has 2 fully saturated rings. The summed E-state index contributed by atoms with van der Waals surface area (Å²) in [7, 11) is 0. The SMILES string of the molecule is C=C1C(=O)O[C@H]2[C@H]1[C@@H](OC(=O)C=C(C)C)C/C(C)=C/CC[C@@]1(C)O[C@@H]21. The van der Waals surface area contributed by atoms with Crippen molar-refractivity contribution in [1.29, 1.82) is 0 Å². The predicted octanol–water partition coefficient (Wildman–Crippen LogP) is 3.25. The summed E-state index contributed by atoms with van der Waals surface area (Å²) in [5.41, 5.74) is 2.07. The number of epoxide rings is 1. The third-order valence-corrected chi connectivity index (χ3v) is 5.23. The van der Waals surface area contributed by atoms with E-state index in [9.17, 15) is 9.59 Å². The Morgan fingerprint density at radius 3 is 2.84 bits per heavy atom. The maximum Gasteiger partial charge on any atom is 0.334 e. The quantitative estimate of drug-likeness (QED) is 0.332. The summed E-state index contributed by atoms with van der Waals surface area (Å²) in [5, 5.41) is 0. The van der Waals surface area contributed by atoms with Crippen LogP contribution in [0.1, 0.15) is 47.0 Å². The minimum absolute atomic E-state index is 0.169. The second-order valence-corrected chi connectivity index (χ2v) is 7.76. The lowest BCUT2D eigenvalue weighted by Crippen LogP contribution is -2.38. The third-order valence-electron chi connectivity index (χ3n) is 5.23. The normalized spacial score (nSPS) is 39.3. The average Bonchev–Trinajstić information content (AvgIpc) is 3.06. The lowest BCUT2D eigenvalue weighted by Gasteiger charge is -2.27. The molecule has 2 heterocycles. The van der Waals surface area contributed by atoms with Crippen LogP contribution in [0.2, 0.25) is 0 Å². The predicted molar refractivity (Wildman–Crippen MR) is 92.7 cm³/mol. The van der Waals surface area contributed by atoms with Crippen molar-refractivity contribution < 1.29 is 23.8 Å². The number of fused-ring (bicyclic) bond motifs is 3. The number of allylic oxidation sites excluding steroid dienone is 2. The summed E-state index contributed by atoms with van der Waals surface area (Å²) in [6.45, 7) is 11.7. The van der Waals surface area contributed by atoms with Crippen molar-refractivity contribution in [2.24, 2.45) is 5.92 Å². The molecular weight excluding hydrogens is 320 g/mol. The van der Waals surface area contributed by atoms with Crippen LogP contribution in [0.3, 0.4) is 0 Å². The number of hydrogen-bond donors (Lipinski definition) is 0. The molecule has 5 heteroatoms. The number of hydrogen-bond acceptors (Lipinski definition) is 5. The van der Waals surface area contributed by atoms with Crippen molar-refractivity contribution in [3.05, 3.63) is 35.5 Å². The molecule has 0 radical (unpaired) electrons. The molecule has 5 atom stereocenters. The summed E-state index contributed by atoms with van der Waals surface area (Å²) in [5.74, 6) is -1.20. The maximum absolute atomic E-state index is 12.2. The first-order valence-corrected chi connectivity index (χ1v) is 8.80. The van der Waals surface area contributed by atoms with E-state index in [1.165, 1.54) is 6.08 Å². The van der Waals surface area contributed by atoms with Crippen LogP contribution >= 0.6 is 0 Å². The van der Waals surface area contributed by atoms with E-state index < -0.39 is 24.1 Å². The van der Waals surface area contributed by atoms with Gasteiger partial charge in [-0.15, -0.1) is 0 Å². The Bertz CT molecular complexity index is 670. The standard InChI is InChI=1S/C20H26O5/c1-11(2)9-15(21)23-14-10-12(3)7-6-8-20(5)18(25-20)17-16(14)13(4)19(22)24-17/h7,9,14,16-18H,4,6,8,10H2,1-3,5H3/b12-7+/t14-,16+,17-,18-,20+/m0/s1. The Labute approximate surface area is 148 Å². The number of ether oxygens (including phenoxy) is 3. The van der Waals surface area contributed by atoms with Gasteiger partial charge in [0.2, 0.25) is 0 Å². The molecule has 3 aliphatic rings. The van der Waals surface area contributed by atoms with Crippen molar-refractivity contribution in [3.8, 4) is 0 Å². The molecular formula is C20H26O5. The summed E-state index contributed by atoms with van der Waals surface area (Å²) in [6, 6.07) is 0. The summed E-state index contributed by atoms with van der Waals surface area (Å²) < 4.78 is 17.2. The number of rotatable bonds is 2. The van der Waals surface area contributed by atoms with Crippen LogP contribution in [0.5, 0.6) is 0 Å². The van der Waals surface area contributed by atoms with Gasteiger partial charge in [0.15, 0.2) is 0 Å². The van der Waals surface area contributed by atoms with E-state index in [-0.39, 0.29) is 17.6 Å². The monoisotopic (exact) mass is 346 g/mol. The molecule has 5 nitrogen and oxygen atoms in total. The smallest absolute Gasteiger partial charge is 0.334 e. The fourth-order valence-corrected chi connectivity index (χ4v) is 3.83. The van der Waals surface area contributed by atoms with E-state index in [2.05, 4.69) is 12.7 Å². The van der Waals surface area contributed by atoms with E-state index in [0.29, 0.717) is 12.0 Å². The van der Waals surface area contributed by atoms with Gasteiger partial charge in [-0.1, -0.05) is 23.8 Å². The Morgan fingerprint density at radius 1 is 1.44 bits per heavy atom. The van der Waals surface area contributed by atoms with Crippen molar-refractivity contribution in [2.75, 3.05) is 0 Å². The van der Waals surface area contributed by atoms with Gasteiger partial charge in [-0.3, -0.25) is 0 Å². The van der Waals surface area contributed by atoms with Gasteiger partial charge in [0.05, 0.1) is 11.5 Å². The van der Waals surface area contributed by atoms with Gasteiger partial charge < -0.3 is 14.2 Å². The molecule has 0 N–H and O–H groups in total. The first-order chi connectivity index (χ1) is 11.7. The summed E-state index contributed by atoms with van der Waals surface area (Å²) in [6.07, 6.45) is 4.84.